The van der Waals surface area contributed by atoms with Crippen LogP contribution in [0.25, 0.3) is 0 Å². The smallest absolute Gasteiger partial charge is 0.337 e. The zero-order valence-electron chi connectivity index (χ0n) is 18.9. The van der Waals surface area contributed by atoms with Crippen LogP contribution >= 0.6 is 0 Å². The fraction of sp³-hybridized carbons (Fsp3) is 0.240. The van der Waals surface area contributed by atoms with Crippen LogP contribution in [0.15, 0.2) is 101 Å². The first kappa shape index (κ1) is 26.6. The Morgan fingerprint density at radius 3 is 1.77 bits per heavy atom. The molecule has 1 atom stereocenters. The van der Waals surface area contributed by atoms with Crippen molar-refractivity contribution in [2.75, 3.05) is 6.61 Å². The number of carbonyl (C=O) groups excluding carboxylic acids is 1. The molecule has 3 aromatic carbocycles. The van der Waals surface area contributed by atoms with Gasteiger partial charge < -0.3 is 4.74 Å². The molecular weight excluding hydrogens is 492 g/mol. The van der Waals surface area contributed by atoms with Crippen LogP contribution < -0.4 is 0 Å². The summed E-state index contributed by atoms with van der Waals surface area (Å²) in [6.07, 6.45) is -0.883. The van der Waals surface area contributed by atoms with Gasteiger partial charge in [-0.1, -0.05) is 66.7 Å². The topological polar surface area (TPSA) is 113 Å². The van der Waals surface area contributed by atoms with E-state index in [4.69, 9.17) is 13.1 Å². The molecule has 0 saturated heterocycles. The lowest BCUT2D eigenvalue weighted by molar-refractivity contribution is -0.153. The SMILES string of the molecule is O=C(OCc1ccccc1)C(CCCCOS(=O)(=O)c1ccccc1)OS(=O)(=O)c1ccccc1. The van der Waals surface area contributed by atoms with Gasteiger partial charge in [0.1, 0.15) is 6.61 Å². The molecule has 0 spiro atoms. The predicted octanol–water partition coefficient (Wildman–Crippen LogP) is 4.08. The van der Waals surface area contributed by atoms with Crippen LogP contribution in [0.1, 0.15) is 24.8 Å². The van der Waals surface area contributed by atoms with Crippen molar-refractivity contribution >= 4 is 26.2 Å². The quantitative estimate of drug-likeness (QED) is 0.189. The van der Waals surface area contributed by atoms with E-state index >= 15 is 0 Å². The van der Waals surface area contributed by atoms with Crippen LogP contribution in [0, 0.1) is 0 Å². The summed E-state index contributed by atoms with van der Waals surface area (Å²) in [5.74, 6) is -0.828. The van der Waals surface area contributed by atoms with E-state index in [1.165, 1.54) is 24.3 Å². The van der Waals surface area contributed by atoms with E-state index in [2.05, 4.69) is 0 Å². The van der Waals surface area contributed by atoms with Gasteiger partial charge in [0.25, 0.3) is 20.2 Å². The lowest BCUT2D eigenvalue weighted by atomic mass is 10.1. The summed E-state index contributed by atoms with van der Waals surface area (Å²) in [4.78, 5) is 12.7. The molecule has 0 heterocycles. The number of benzene rings is 3. The Balaban J connectivity index is 1.59. The van der Waals surface area contributed by atoms with Crippen LogP contribution in [0.5, 0.6) is 0 Å². The molecule has 10 heteroatoms. The van der Waals surface area contributed by atoms with E-state index in [-0.39, 0.29) is 42.3 Å². The number of carbonyl (C=O) groups is 1. The Labute approximate surface area is 205 Å². The van der Waals surface area contributed by atoms with E-state index in [1.807, 2.05) is 6.07 Å². The fourth-order valence-electron chi connectivity index (χ4n) is 3.08. The second-order valence-electron chi connectivity index (χ2n) is 7.53. The summed E-state index contributed by atoms with van der Waals surface area (Å²) < 4.78 is 65.3. The Hall–Kier alpha value is -3.05. The first-order chi connectivity index (χ1) is 16.8. The maximum absolute atomic E-state index is 12.7. The van der Waals surface area contributed by atoms with Gasteiger partial charge in [-0.2, -0.15) is 16.8 Å². The third-order valence-electron chi connectivity index (χ3n) is 4.89. The molecule has 3 rings (SSSR count). The van der Waals surface area contributed by atoms with Gasteiger partial charge in [0.2, 0.25) is 0 Å². The van der Waals surface area contributed by atoms with Crippen molar-refractivity contribution in [2.45, 2.75) is 41.8 Å². The van der Waals surface area contributed by atoms with Gasteiger partial charge in [-0.15, -0.1) is 0 Å². The predicted molar refractivity (Wildman–Crippen MR) is 128 cm³/mol. The van der Waals surface area contributed by atoms with Crippen LogP contribution in [0.3, 0.4) is 0 Å². The summed E-state index contributed by atoms with van der Waals surface area (Å²) in [5.41, 5.74) is 0.741. The Kier molecular flexibility index (Phi) is 9.55. The van der Waals surface area contributed by atoms with E-state index in [0.717, 1.165) is 5.56 Å². The summed E-state index contributed by atoms with van der Waals surface area (Å²) in [6, 6.07) is 24.2. The van der Waals surface area contributed by atoms with Gasteiger partial charge >= 0.3 is 5.97 Å². The van der Waals surface area contributed by atoms with Crippen molar-refractivity contribution < 1.29 is 34.7 Å². The lowest BCUT2D eigenvalue weighted by Crippen LogP contribution is -2.29. The molecule has 8 nitrogen and oxygen atoms in total. The van der Waals surface area contributed by atoms with Gasteiger partial charge in [0.15, 0.2) is 6.10 Å². The van der Waals surface area contributed by atoms with E-state index < -0.39 is 32.3 Å². The molecule has 1 unspecified atom stereocenters. The van der Waals surface area contributed by atoms with Crippen LogP contribution in [-0.4, -0.2) is 35.5 Å². The highest BCUT2D eigenvalue weighted by molar-refractivity contribution is 7.87. The van der Waals surface area contributed by atoms with Gasteiger partial charge in [-0.25, -0.2) is 4.79 Å². The number of rotatable bonds is 13. The molecule has 0 saturated carbocycles. The van der Waals surface area contributed by atoms with Gasteiger partial charge in [0.05, 0.1) is 16.4 Å². The van der Waals surface area contributed by atoms with Crippen molar-refractivity contribution in [3.63, 3.8) is 0 Å². The van der Waals surface area contributed by atoms with Crippen LogP contribution in [-0.2, 0) is 44.7 Å². The second-order valence-corrected chi connectivity index (χ2v) is 10.7. The molecule has 0 bridgehead atoms. The highest BCUT2D eigenvalue weighted by Crippen LogP contribution is 2.19. The fourth-order valence-corrected chi connectivity index (χ4v) is 5.12. The highest BCUT2D eigenvalue weighted by Gasteiger charge is 2.28. The van der Waals surface area contributed by atoms with Crippen LogP contribution in [0.2, 0.25) is 0 Å². The van der Waals surface area contributed by atoms with Crippen molar-refractivity contribution in [3.05, 3.63) is 96.6 Å². The van der Waals surface area contributed by atoms with E-state index in [1.54, 1.807) is 60.7 Å². The molecule has 186 valence electrons. The minimum absolute atomic E-state index is 0.00552. The number of unbranched alkanes of at least 4 members (excludes halogenated alkanes) is 1. The number of ether oxygens (including phenoxy) is 1. The number of hydrogen-bond acceptors (Lipinski definition) is 8. The lowest BCUT2D eigenvalue weighted by Gasteiger charge is -2.17. The van der Waals surface area contributed by atoms with Crippen molar-refractivity contribution in [1.29, 1.82) is 0 Å². The van der Waals surface area contributed by atoms with Crippen LogP contribution in [0.4, 0.5) is 0 Å². The average molecular weight is 519 g/mol. The average Bonchev–Trinajstić information content (AvgIpc) is 2.88. The van der Waals surface area contributed by atoms with Crippen molar-refractivity contribution in [2.24, 2.45) is 0 Å². The summed E-state index contributed by atoms with van der Waals surface area (Å²) in [5, 5.41) is 0. The Morgan fingerprint density at radius 2 is 1.20 bits per heavy atom. The summed E-state index contributed by atoms with van der Waals surface area (Å²) in [6.45, 7) is -0.169. The Morgan fingerprint density at radius 1 is 0.686 bits per heavy atom. The number of esters is 1. The minimum Gasteiger partial charge on any atom is -0.459 e. The molecule has 0 amide bonds. The first-order valence-corrected chi connectivity index (χ1v) is 13.7. The monoisotopic (exact) mass is 518 g/mol. The van der Waals surface area contributed by atoms with Gasteiger partial charge in [-0.05, 0) is 49.1 Å². The minimum atomic E-state index is -4.22. The standard InChI is InChI=1S/C25H26O8S2/c26-25(31-20-21-12-4-1-5-13-21)24(33-35(29,30)23-16-8-3-9-17-23)18-10-11-19-32-34(27,28)22-14-6-2-7-15-22/h1-9,12-17,24H,10-11,18-20H2. The zero-order chi connectivity index (χ0) is 25.2. The molecule has 0 radical (unpaired) electrons. The largest absolute Gasteiger partial charge is 0.459 e. The molecule has 0 aliphatic heterocycles. The summed E-state index contributed by atoms with van der Waals surface area (Å²) >= 11 is 0. The molecule has 0 aliphatic rings. The number of hydrogen-bond donors (Lipinski definition) is 0. The van der Waals surface area contributed by atoms with Crippen molar-refractivity contribution in [3.8, 4) is 0 Å². The maximum atomic E-state index is 12.7. The molecule has 0 N–H and O–H groups in total. The third kappa shape index (κ3) is 8.29. The molecular formula is C25H26O8S2. The molecule has 0 fully saturated rings. The summed E-state index contributed by atoms with van der Waals surface area (Å²) in [7, 11) is -8.12. The third-order valence-corrected chi connectivity index (χ3v) is 7.55. The molecule has 0 aromatic heterocycles. The molecule has 3 aromatic rings. The maximum Gasteiger partial charge on any atom is 0.337 e. The molecule has 35 heavy (non-hydrogen) atoms. The second kappa shape index (κ2) is 12.6. The Bertz CT molecular complexity index is 1280. The normalized spacial score (nSPS) is 12.7. The molecule has 0 aliphatic carbocycles. The van der Waals surface area contributed by atoms with Crippen molar-refractivity contribution in [1.82, 2.24) is 0 Å². The first-order valence-electron chi connectivity index (χ1n) is 10.9. The van der Waals surface area contributed by atoms with E-state index in [0.29, 0.717) is 0 Å². The zero-order valence-corrected chi connectivity index (χ0v) is 20.5. The highest BCUT2D eigenvalue weighted by atomic mass is 32.2. The van der Waals surface area contributed by atoms with Gasteiger partial charge in [-0.3, -0.25) is 8.37 Å². The van der Waals surface area contributed by atoms with E-state index in [9.17, 15) is 21.6 Å². The van der Waals surface area contributed by atoms with Gasteiger partial charge in [0, 0.05) is 0 Å².